The molecule has 1 N–H and O–H groups in total. The Hall–Kier alpha value is -2.67. The maximum atomic E-state index is 13.1. The minimum absolute atomic E-state index is 0.0924. The van der Waals surface area contributed by atoms with Gasteiger partial charge < -0.3 is 29.8 Å². The number of likely N-dealkylation sites (N-methyl/N-ethyl adjacent to an activating group) is 2. The van der Waals surface area contributed by atoms with Crippen LogP contribution in [0.25, 0.3) is 0 Å². The maximum absolute atomic E-state index is 13.1. The summed E-state index contributed by atoms with van der Waals surface area (Å²) in [5.74, 6) is -0.515. The van der Waals surface area contributed by atoms with Crippen molar-refractivity contribution in [2.75, 3.05) is 136 Å². The predicted molar refractivity (Wildman–Crippen MR) is 219 cm³/mol. The van der Waals surface area contributed by atoms with Gasteiger partial charge in [0, 0.05) is 128 Å². The Morgan fingerprint density at radius 1 is 0.660 bits per heavy atom. The Morgan fingerprint density at radius 3 is 1.51 bits per heavy atom. The summed E-state index contributed by atoms with van der Waals surface area (Å²) in [6.45, 7) is 14.1. The Bertz CT molecular complexity index is 1510. The van der Waals surface area contributed by atoms with Crippen LogP contribution in [-0.2, 0) is 0 Å². The third-order valence-electron chi connectivity index (χ3n) is 10.6. The first-order chi connectivity index (χ1) is 25.2. The quantitative estimate of drug-likeness (QED) is 0.292. The van der Waals surface area contributed by atoms with Crippen molar-refractivity contribution >= 4 is 60.3 Å². The lowest BCUT2D eigenvalue weighted by molar-refractivity contribution is -0.384. The first-order valence-corrected chi connectivity index (χ1v) is 20.0. The second-order valence-electron chi connectivity index (χ2n) is 14.7. The molecule has 0 atom stereocenters. The van der Waals surface area contributed by atoms with Gasteiger partial charge >= 0.3 is 0 Å². The van der Waals surface area contributed by atoms with Gasteiger partial charge in [-0.2, -0.15) is 0 Å². The van der Waals surface area contributed by atoms with Gasteiger partial charge in [0.05, 0.1) is 20.0 Å². The van der Waals surface area contributed by atoms with Crippen molar-refractivity contribution < 1.29 is 14.2 Å². The van der Waals surface area contributed by atoms with Crippen molar-refractivity contribution in [3.63, 3.8) is 0 Å². The number of piperidine rings is 2. The molecule has 0 radical (unpaired) electrons. The lowest BCUT2D eigenvalue weighted by Gasteiger charge is -2.42. The fraction of sp³-hybridized carbons (Fsp3) is 0.667. The van der Waals surface area contributed by atoms with Crippen LogP contribution in [0.2, 0.25) is 0 Å². The van der Waals surface area contributed by atoms with E-state index in [2.05, 4.69) is 75.8 Å². The first kappa shape index (κ1) is 43.1. The molecule has 4 aliphatic rings. The molecule has 4 heterocycles. The normalized spacial score (nSPS) is 19.8. The number of hydrogen-bond donors (Lipinski definition) is 1. The number of piperazine rings is 2. The highest BCUT2D eigenvalue weighted by atomic mass is 79.9. The molecule has 2 aromatic rings. The zero-order valence-corrected chi connectivity index (χ0v) is 35.2. The number of nitro groups is 2. The molecule has 6 rings (SSSR count). The summed E-state index contributed by atoms with van der Waals surface area (Å²) in [6, 6.07) is 7.39. The van der Waals surface area contributed by atoms with Crippen molar-refractivity contribution in [1.29, 1.82) is 0 Å². The SMILES string of the molecule is CN(C)c1cc(F)c(Br)cc1[N+](=O)[O-].CN1CCN(C2CCN(c3cc(N(C)C)c([N+](=O)[O-])cc3Br)CC2)CC1.CN1CCN(C2CCNCC2)CC1. The highest BCUT2D eigenvalue weighted by Crippen LogP contribution is 2.39. The molecule has 2 aromatic carbocycles. The van der Waals surface area contributed by atoms with Crippen LogP contribution in [0, 0.1) is 26.0 Å². The number of rotatable bonds is 7. The topological polar surface area (TPSA) is 121 Å². The number of nitrogens with zero attached hydrogens (tertiary/aromatic N) is 9. The first-order valence-electron chi connectivity index (χ1n) is 18.4. The van der Waals surface area contributed by atoms with E-state index in [9.17, 15) is 24.6 Å². The second kappa shape index (κ2) is 20.3. The molecule has 0 unspecified atom stereocenters. The van der Waals surface area contributed by atoms with E-state index in [4.69, 9.17) is 0 Å². The van der Waals surface area contributed by atoms with E-state index in [0.717, 1.165) is 80.4 Å². The van der Waals surface area contributed by atoms with Crippen LogP contribution in [0.4, 0.5) is 32.8 Å². The van der Waals surface area contributed by atoms with Crippen molar-refractivity contribution in [1.82, 2.24) is 24.9 Å². The summed E-state index contributed by atoms with van der Waals surface area (Å²) in [5, 5.41) is 25.4. The highest BCUT2D eigenvalue weighted by molar-refractivity contribution is 9.10. The molecule has 0 saturated carbocycles. The summed E-state index contributed by atoms with van der Waals surface area (Å²) >= 11 is 6.45. The molecule has 0 amide bonds. The van der Waals surface area contributed by atoms with Crippen LogP contribution < -0.4 is 20.0 Å². The summed E-state index contributed by atoms with van der Waals surface area (Å²) in [6.07, 6.45) is 4.99. The van der Waals surface area contributed by atoms with Gasteiger partial charge in [0.1, 0.15) is 17.2 Å². The van der Waals surface area contributed by atoms with Gasteiger partial charge in [0.25, 0.3) is 11.4 Å². The minimum atomic E-state index is -0.542. The maximum Gasteiger partial charge on any atom is 0.293 e. The molecule has 0 aromatic heterocycles. The van der Waals surface area contributed by atoms with Crippen molar-refractivity contribution in [2.45, 2.75) is 37.8 Å². The monoisotopic (exact) mass is 870 g/mol. The molecule has 4 fully saturated rings. The third-order valence-corrected chi connectivity index (χ3v) is 11.9. The molecule has 4 saturated heterocycles. The molecule has 296 valence electrons. The zero-order chi connectivity index (χ0) is 38.8. The summed E-state index contributed by atoms with van der Waals surface area (Å²) in [5.41, 5.74) is 1.96. The van der Waals surface area contributed by atoms with Gasteiger partial charge in [-0.3, -0.25) is 30.0 Å². The van der Waals surface area contributed by atoms with Crippen molar-refractivity contribution in [3.8, 4) is 0 Å². The van der Waals surface area contributed by atoms with E-state index in [1.165, 1.54) is 57.0 Å². The average Bonchev–Trinajstić information content (AvgIpc) is 3.14. The van der Waals surface area contributed by atoms with Crippen LogP contribution in [0.1, 0.15) is 25.7 Å². The standard InChI is InChI=1S/C18H28BrN5O2.C10H21N3.C8H8BrFN2O2/c1-20(2)17-13-16(15(19)12-18(17)24(25)26)23-6-4-14(5-7-23)22-10-8-21(3)9-11-22;1-12-6-8-13(9-7-12)10-2-4-11-5-3-10;1-11(2)7-4-6(10)5(9)3-8(7)12(13)14/h12-14H,4-11H2,1-3H3;10-11H,2-9H2,1H3;3-4H,1-2H3. The molecule has 0 aliphatic carbocycles. The fourth-order valence-electron chi connectivity index (χ4n) is 7.34. The molecular formula is C36H57Br2FN10O4. The van der Waals surface area contributed by atoms with Crippen molar-refractivity contribution in [3.05, 3.63) is 59.3 Å². The number of benzene rings is 2. The van der Waals surface area contributed by atoms with E-state index in [0.29, 0.717) is 11.7 Å². The molecule has 0 spiro atoms. The van der Waals surface area contributed by atoms with Crippen molar-refractivity contribution in [2.24, 2.45) is 0 Å². The van der Waals surface area contributed by atoms with Gasteiger partial charge in [-0.1, -0.05) is 0 Å². The molecule has 17 heteroatoms. The van der Waals surface area contributed by atoms with E-state index in [-0.39, 0.29) is 26.5 Å². The number of anilines is 3. The highest BCUT2D eigenvalue weighted by Gasteiger charge is 2.29. The molecular weight excluding hydrogens is 815 g/mol. The van der Waals surface area contributed by atoms with Crippen LogP contribution in [0.3, 0.4) is 0 Å². The largest absolute Gasteiger partial charge is 0.372 e. The van der Waals surface area contributed by atoms with Gasteiger partial charge in [-0.25, -0.2) is 4.39 Å². The third kappa shape index (κ3) is 12.2. The lowest BCUT2D eigenvalue weighted by atomic mass is 10.0. The molecule has 0 bridgehead atoms. The van der Waals surface area contributed by atoms with Gasteiger partial charge in [0.2, 0.25) is 0 Å². The fourth-order valence-corrected chi connectivity index (χ4v) is 8.25. The molecule has 53 heavy (non-hydrogen) atoms. The van der Waals surface area contributed by atoms with Crippen LogP contribution in [0.5, 0.6) is 0 Å². The van der Waals surface area contributed by atoms with Gasteiger partial charge in [-0.15, -0.1) is 0 Å². The Labute approximate surface area is 330 Å². The Balaban J connectivity index is 0.000000196. The minimum Gasteiger partial charge on any atom is -0.372 e. The Kier molecular flexibility index (Phi) is 16.5. The Morgan fingerprint density at radius 2 is 1.08 bits per heavy atom. The van der Waals surface area contributed by atoms with Gasteiger partial charge in [0.15, 0.2) is 0 Å². The van der Waals surface area contributed by atoms with E-state index >= 15 is 0 Å². The summed E-state index contributed by atoms with van der Waals surface area (Å²) in [7, 11) is 11.3. The van der Waals surface area contributed by atoms with Crippen LogP contribution in [-0.4, -0.2) is 162 Å². The number of nitro benzene ring substituents is 2. The number of nitrogens with one attached hydrogen (secondary N) is 1. The molecule has 14 nitrogen and oxygen atoms in total. The number of hydrogen-bond acceptors (Lipinski definition) is 12. The van der Waals surface area contributed by atoms with E-state index < -0.39 is 10.7 Å². The average molecular weight is 873 g/mol. The van der Waals surface area contributed by atoms with E-state index in [1.807, 2.05) is 25.1 Å². The van der Waals surface area contributed by atoms with Gasteiger partial charge in [-0.05, 0) is 90.8 Å². The van der Waals surface area contributed by atoms with Crippen LogP contribution >= 0.6 is 31.9 Å². The van der Waals surface area contributed by atoms with E-state index in [1.54, 1.807) is 20.2 Å². The second-order valence-corrected chi connectivity index (χ2v) is 16.4. The smallest absolute Gasteiger partial charge is 0.293 e. The molecule has 4 aliphatic heterocycles. The lowest BCUT2D eigenvalue weighted by Crippen LogP contribution is -2.52. The zero-order valence-electron chi connectivity index (χ0n) is 32.1. The summed E-state index contributed by atoms with van der Waals surface area (Å²) < 4.78 is 14.0. The number of halogens is 3. The van der Waals surface area contributed by atoms with Crippen LogP contribution in [0.15, 0.2) is 33.2 Å². The summed E-state index contributed by atoms with van der Waals surface area (Å²) in [4.78, 5) is 36.9. The predicted octanol–water partition coefficient (Wildman–Crippen LogP) is 5.19.